The molecule has 3 rings (SSSR count). The molecule has 0 spiro atoms. The summed E-state index contributed by atoms with van der Waals surface area (Å²) in [6.45, 7) is 3.29. The van der Waals surface area contributed by atoms with Crippen LogP contribution in [0.3, 0.4) is 0 Å². The standard InChI is InChI=1S/C21H22BrFN2O/c1-15-12-18(23)14-20(13-15)24-19-8-10-25(11-9-19)21(26)7-4-16-2-5-17(22)6-3-16/h2-7,12-14,19,24H,8-11H2,1H3/b7-4+. The number of nitrogens with zero attached hydrogens (tertiary/aromatic N) is 1. The van der Waals surface area contributed by atoms with E-state index >= 15 is 0 Å². The van der Waals surface area contributed by atoms with Gasteiger partial charge in [0.15, 0.2) is 0 Å². The zero-order valence-corrected chi connectivity index (χ0v) is 16.3. The maximum Gasteiger partial charge on any atom is 0.246 e. The van der Waals surface area contributed by atoms with Gasteiger partial charge in [-0.1, -0.05) is 28.1 Å². The van der Waals surface area contributed by atoms with Crippen molar-refractivity contribution in [3.63, 3.8) is 0 Å². The average molecular weight is 417 g/mol. The lowest BCUT2D eigenvalue weighted by molar-refractivity contribution is -0.126. The minimum atomic E-state index is -0.224. The quantitative estimate of drug-likeness (QED) is 0.710. The highest BCUT2D eigenvalue weighted by atomic mass is 79.9. The Morgan fingerprint density at radius 3 is 2.54 bits per heavy atom. The molecule has 1 aliphatic rings. The summed E-state index contributed by atoms with van der Waals surface area (Å²) in [5, 5.41) is 3.38. The van der Waals surface area contributed by atoms with Crippen molar-refractivity contribution < 1.29 is 9.18 Å². The second kappa shape index (κ2) is 8.49. The molecule has 3 nitrogen and oxygen atoms in total. The predicted octanol–water partition coefficient (Wildman–Crippen LogP) is 5.01. The fourth-order valence-electron chi connectivity index (χ4n) is 3.15. The van der Waals surface area contributed by atoms with Crippen molar-refractivity contribution in [3.05, 3.63) is 70.0 Å². The van der Waals surface area contributed by atoms with Crippen LogP contribution in [0, 0.1) is 12.7 Å². The molecule has 1 fully saturated rings. The number of carbonyl (C=O) groups is 1. The van der Waals surface area contributed by atoms with Gasteiger partial charge in [0.05, 0.1) is 0 Å². The third-order valence-corrected chi connectivity index (χ3v) is 5.04. The molecule has 0 aromatic heterocycles. The number of carbonyl (C=O) groups excluding carboxylic acids is 1. The van der Waals surface area contributed by atoms with Crippen LogP contribution in [0.25, 0.3) is 6.08 Å². The molecule has 0 saturated carbocycles. The van der Waals surface area contributed by atoms with Crippen molar-refractivity contribution >= 4 is 33.6 Å². The van der Waals surface area contributed by atoms with E-state index in [-0.39, 0.29) is 17.8 Å². The first-order valence-electron chi connectivity index (χ1n) is 8.76. The summed E-state index contributed by atoms with van der Waals surface area (Å²) in [5.41, 5.74) is 2.71. The fraction of sp³-hybridized carbons (Fsp3) is 0.286. The van der Waals surface area contributed by atoms with Gasteiger partial charge in [-0.2, -0.15) is 0 Å². The molecule has 0 radical (unpaired) electrons. The van der Waals surface area contributed by atoms with E-state index in [0.717, 1.165) is 34.1 Å². The smallest absolute Gasteiger partial charge is 0.246 e. The number of nitrogens with one attached hydrogen (secondary N) is 1. The molecule has 1 saturated heterocycles. The summed E-state index contributed by atoms with van der Waals surface area (Å²) in [6, 6.07) is 13.1. The third kappa shape index (κ3) is 5.18. The van der Waals surface area contributed by atoms with Gasteiger partial charge in [-0.3, -0.25) is 4.79 Å². The second-order valence-corrected chi connectivity index (χ2v) is 7.56. The number of halogens is 2. The van der Waals surface area contributed by atoms with Crippen LogP contribution in [0.2, 0.25) is 0 Å². The summed E-state index contributed by atoms with van der Waals surface area (Å²) >= 11 is 3.40. The van der Waals surface area contributed by atoms with E-state index in [9.17, 15) is 9.18 Å². The topological polar surface area (TPSA) is 32.3 Å². The van der Waals surface area contributed by atoms with E-state index in [2.05, 4.69) is 21.2 Å². The molecule has 5 heteroatoms. The first kappa shape index (κ1) is 18.6. The Labute approximate surface area is 162 Å². The molecule has 1 N–H and O–H groups in total. The summed E-state index contributed by atoms with van der Waals surface area (Å²) in [6.07, 6.45) is 5.18. The van der Waals surface area contributed by atoms with E-state index < -0.39 is 0 Å². The Hall–Kier alpha value is -2.14. The van der Waals surface area contributed by atoms with E-state index in [1.165, 1.54) is 12.1 Å². The maximum atomic E-state index is 13.5. The molecular weight excluding hydrogens is 395 g/mol. The van der Waals surface area contributed by atoms with Gasteiger partial charge >= 0.3 is 0 Å². The van der Waals surface area contributed by atoms with Gasteiger partial charge in [0.1, 0.15) is 5.82 Å². The Morgan fingerprint density at radius 2 is 1.88 bits per heavy atom. The molecule has 2 aromatic carbocycles. The number of likely N-dealkylation sites (tertiary alicyclic amines) is 1. The minimum absolute atomic E-state index is 0.0352. The molecule has 1 aliphatic heterocycles. The molecule has 0 atom stereocenters. The second-order valence-electron chi connectivity index (χ2n) is 6.65. The fourth-order valence-corrected chi connectivity index (χ4v) is 3.41. The zero-order chi connectivity index (χ0) is 18.5. The number of amides is 1. The van der Waals surface area contributed by atoms with E-state index in [0.29, 0.717) is 13.1 Å². The average Bonchev–Trinajstić information content (AvgIpc) is 2.61. The maximum absolute atomic E-state index is 13.5. The van der Waals surface area contributed by atoms with Crippen molar-refractivity contribution in [3.8, 4) is 0 Å². The van der Waals surface area contributed by atoms with Gasteiger partial charge < -0.3 is 10.2 Å². The van der Waals surface area contributed by atoms with Crippen molar-refractivity contribution in [2.24, 2.45) is 0 Å². The van der Waals surface area contributed by atoms with Gasteiger partial charge in [0.2, 0.25) is 5.91 Å². The van der Waals surface area contributed by atoms with Gasteiger partial charge in [-0.05, 0) is 67.3 Å². The number of benzene rings is 2. The lowest BCUT2D eigenvalue weighted by Crippen LogP contribution is -2.41. The van der Waals surface area contributed by atoms with Gasteiger partial charge in [-0.25, -0.2) is 4.39 Å². The molecule has 1 amide bonds. The number of piperidine rings is 1. The van der Waals surface area contributed by atoms with Crippen molar-refractivity contribution in [1.82, 2.24) is 4.90 Å². The van der Waals surface area contributed by atoms with Crippen molar-refractivity contribution in [1.29, 1.82) is 0 Å². The summed E-state index contributed by atoms with van der Waals surface area (Å²) in [5.74, 6) is -0.189. The monoisotopic (exact) mass is 416 g/mol. The third-order valence-electron chi connectivity index (χ3n) is 4.51. The number of anilines is 1. The van der Waals surface area contributed by atoms with E-state index in [4.69, 9.17) is 0 Å². The predicted molar refractivity (Wildman–Crippen MR) is 108 cm³/mol. The van der Waals surface area contributed by atoms with E-state index in [1.807, 2.05) is 48.2 Å². The van der Waals surface area contributed by atoms with Crippen LogP contribution >= 0.6 is 15.9 Å². The summed E-state index contributed by atoms with van der Waals surface area (Å²) in [7, 11) is 0. The summed E-state index contributed by atoms with van der Waals surface area (Å²) in [4.78, 5) is 14.2. The minimum Gasteiger partial charge on any atom is -0.382 e. The molecule has 1 heterocycles. The Kier molecular flexibility index (Phi) is 6.09. The van der Waals surface area contributed by atoms with Crippen LogP contribution in [-0.2, 0) is 4.79 Å². The van der Waals surface area contributed by atoms with Gasteiger partial charge in [0.25, 0.3) is 0 Å². The highest BCUT2D eigenvalue weighted by Gasteiger charge is 2.21. The molecular formula is C21H22BrFN2O. The molecule has 136 valence electrons. The zero-order valence-electron chi connectivity index (χ0n) is 14.7. The SMILES string of the molecule is Cc1cc(F)cc(NC2CCN(C(=O)/C=C/c3ccc(Br)cc3)CC2)c1. The van der Waals surface area contributed by atoms with Crippen LogP contribution in [0.4, 0.5) is 10.1 Å². The Morgan fingerprint density at radius 1 is 1.19 bits per heavy atom. The molecule has 0 unspecified atom stereocenters. The highest BCUT2D eigenvalue weighted by Crippen LogP contribution is 2.19. The number of hydrogen-bond donors (Lipinski definition) is 1. The van der Waals surface area contributed by atoms with Crippen LogP contribution in [-0.4, -0.2) is 29.9 Å². The van der Waals surface area contributed by atoms with Crippen molar-refractivity contribution in [2.45, 2.75) is 25.8 Å². The van der Waals surface area contributed by atoms with Gasteiger partial charge in [0, 0.05) is 35.4 Å². The summed E-state index contributed by atoms with van der Waals surface area (Å²) < 4.78 is 14.5. The van der Waals surface area contributed by atoms with Crippen molar-refractivity contribution in [2.75, 3.05) is 18.4 Å². The lowest BCUT2D eigenvalue weighted by Gasteiger charge is -2.32. The Bertz CT molecular complexity index is 776. The lowest BCUT2D eigenvalue weighted by atomic mass is 10.0. The van der Waals surface area contributed by atoms with E-state index in [1.54, 1.807) is 6.08 Å². The first-order chi connectivity index (χ1) is 12.5. The van der Waals surface area contributed by atoms with Crippen LogP contribution in [0.15, 0.2) is 53.0 Å². The Balaban J connectivity index is 1.51. The number of aryl methyl sites for hydroxylation is 1. The molecule has 0 bridgehead atoms. The first-order valence-corrected chi connectivity index (χ1v) is 9.55. The normalized spacial score (nSPS) is 15.4. The van der Waals surface area contributed by atoms with Crippen LogP contribution < -0.4 is 5.32 Å². The number of hydrogen-bond acceptors (Lipinski definition) is 2. The largest absolute Gasteiger partial charge is 0.382 e. The van der Waals surface area contributed by atoms with Crippen LogP contribution in [0.5, 0.6) is 0 Å². The molecule has 2 aromatic rings. The van der Waals surface area contributed by atoms with Crippen LogP contribution in [0.1, 0.15) is 24.0 Å². The van der Waals surface area contributed by atoms with Gasteiger partial charge in [-0.15, -0.1) is 0 Å². The number of rotatable bonds is 4. The molecule has 0 aliphatic carbocycles. The highest BCUT2D eigenvalue weighted by molar-refractivity contribution is 9.10. The molecule has 26 heavy (non-hydrogen) atoms.